The second kappa shape index (κ2) is 5.32. The van der Waals surface area contributed by atoms with Crippen LogP contribution in [0.25, 0.3) is 0 Å². The monoisotopic (exact) mass is 255 g/mol. The van der Waals surface area contributed by atoms with Crippen molar-refractivity contribution in [2.24, 2.45) is 5.73 Å². The minimum atomic E-state index is 0.673. The van der Waals surface area contributed by atoms with Crippen molar-refractivity contribution < 1.29 is 0 Å². The van der Waals surface area contributed by atoms with Crippen LogP contribution in [0, 0.1) is 0 Å². The molecule has 0 aromatic carbocycles. The van der Waals surface area contributed by atoms with E-state index in [9.17, 15) is 0 Å². The highest BCUT2D eigenvalue weighted by atomic mass is 15.2. The molecule has 3 rings (SSSR count). The highest BCUT2D eigenvalue weighted by molar-refractivity contribution is 5.66. The molecule has 0 bridgehead atoms. The SMILES string of the molecule is NCCCN1c2cccnc2CCc2cncnc21. The number of aromatic nitrogens is 3. The van der Waals surface area contributed by atoms with Gasteiger partial charge in [-0.05, 0) is 37.9 Å². The van der Waals surface area contributed by atoms with Gasteiger partial charge in [0.15, 0.2) is 0 Å². The van der Waals surface area contributed by atoms with Crippen molar-refractivity contribution in [3.8, 4) is 0 Å². The third kappa shape index (κ3) is 2.29. The van der Waals surface area contributed by atoms with Gasteiger partial charge in [0.1, 0.15) is 12.1 Å². The van der Waals surface area contributed by atoms with Gasteiger partial charge in [-0.2, -0.15) is 0 Å². The first-order chi connectivity index (χ1) is 9.40. The molecule has 5 heteroatoms. The maximum absolute atomic E-state index is 5.65. The van der Waals surface area contributed by atoms with Gasteiger partial charge in [-0.3, -0.25) is 4.98 Å². The molecule has 0 amide bonds. The highest BCUT2D eigenvalue weighted by Crippen LogP contribution is 2.32. The second-order valence-electron chi connectivity index (χ2n) is 4.63. The number of aryl methyl sites for hydroxylation is 2. The van der Waals surface area contributed by atoms with E-state index in [4.69, 9.17) is 5.73 Å². The van der Waals surface area contributed by atoms with Crippen LogP contribution in [0.2, 0.25) is 0 Å². The zero-order valence-electron chi connectivity index (χ0n) is 10.8. The molecule has 0 saturated carbocycles. The standard InChI is InChI=1S/C14H17N5/c15-6-2-8-19-13-3-1-7-17-12(13)5-4-11-9-16-10-18-14(11)19/h1,3,7,9-10H,2,4-6,8,15H2. The zero-order chi connectivity index (χ0) is 13.1. The van der Waals surface area contributed by atoms with Gasteiger partial charge in [0.25, 0.3) is 0 Å². The summed E-state index contributed by atoms with van der Waals surface area (Å²) in [6, 6.07) is 4.08. The molecule has 0 saturated heterocycles. The summed E-state index contributed by atoms with van der Waals surface area (Å²) in [5.74, 6) is 0.996. The second-order valence-corrected chi connectivity index (χ2v) is 4.63. The van der Waals surface area contributed by atoms with Gasteiger partial charge < -0.3 is 10.6 Å². The van der Waals surface area contributed by atoms with Crippen LogP contribution in [0.4, 0.5) is 11.5 Å². The van der Waals surface area contributed by atoms with E-state index >= 15 is 0 Å². The predicted molar refractivity (Wildman–Crippen MR) is 74.4 cm³/mol. The number of anilines is 2. The molecule has 2 N–H and O–H groups in total. The Morgan fingerprint density at radius 3 is 3.11 bits per heavy atom. The molecular weight excluding hydrogens is 238 g/mol. The van der Waals surface area contributed by atoms with Gasteiger partial charge >= 0.3 is 0 Å². The van der Waals surface area contributed by atoms with E-state index in [1.165, 1.54) is 5.56 Å². The molecule has 5 nitrogen and oxygen atoms in total. The van der Waals surface area contributed by atoms with Crippen LogP contribution >= 0.6 is 0 Å². The molecule has 2 aromatic heterocycles. The van der Waals surface area contributed by atoms with Crippen LogP contribution in [0.3, 0.4) is 0 Å². The zero-order valence-corrected chi connectivity index (χ0v) is 10.8. The van der Waals surface area contributed by atoms with E-state index in [0.717, 1.165) is 43.0 Å². The molecule has 98 valence electrons. The molecule has 2 aromatic rings. The van der Waals surface area contributed by atoms with Crippen molar-refractivity contribution in [1.29, 1.82) is 0 Å². The van der Waals surface area contributed by atoms with Crippen molar-refractivity contribution in [2.75, 3.05) is 18.0 Å². The van der Waals surface area contributed by atoms with Crippen LogP contribution in [-0.4, -0.2) is 28.0 Å². The first-order valence-corrected chi connectivity index (χ1v) is 6.60. The van der Waals surface area contributed by atoms with Gasteiger partial charge in [0.2, 0.25) is 0 Å². The van der Waals surface area contributed by atoms with Crippen LogP contribution in [0.5, 0.6) is 0 Å². The van der Waals surface area contributed by atoms with Gasteiger partial charge in [-0.15, -0.1) is 0 Å². The van der Waals surface area contributed by atoms with E-state index in [2.05, 4.69) is 25.9 Å². The largest absolute Gasteiger partial charge is 0.330 e. The molecule has 0 unspecified atom stereocenters. The van der Waals surface area contributed by atoms with E-state index in [0.29, 0.717) is 6.54 Å². The fraction of sp³-hybridized carbons (Fsp3) is 0.357. The number of nitrogens with zero attached hydrogens (tertiary/aromatic N) is 4. The Labute approximate surface area is 112 Å². The van der Waals surface area contributed by atoms with Crippen molar-refractivity contribution in [2.45, 2.75) is 19.3 Å². The lowest BCUT2D eigenvalue weighted by Gasteiger charge is -2.24. The summed E-state index contributed by atoms with van der Waals surface area (Å²) in [6.07, 6.45) is 8.15. The summed E-state index contributed by atoms with van der Waals surface area (Å²) in [5.41, 5.74) is 9.10. The molecule has 19 heavy (non-hydrogen) atoms. The van der Waals surface area contributed by atoms with Crippen molar-refractivity contribution in [1.82, 2.24) is 15.0 Å². The Hall–Kier alpha value is -2.01. The Morgan fingerprint density at radius 1 is 1.26 bits per heavy atom. The van der Waals surface area contributed by atoms with E-state index < -0.39 is 0 Å². The van der Waals surface area contributed by atoms with Gasteiger partial charge in [-0.25, -0.2) is 9.97 Å². The van der Waals surface area contributed by atoms with Crippen molar-refractivity contribution in [3.05, 3.63) is 42.1 Å². The number of hydrogen-bond donors (Lipinski definition) is 1. The molecule has 0 spiro atoms. The topological polar surface area (TPSA) is 67.9 Å². The quantitative estimate of drug-likeness (QED) is 0.899. The number of hydrogen-bond acceptors (Lipinski definition) is 5. The average molecular weight is 255 g/mol. The molecule has 0 atom stereocenters. The Kier molecular flexibility index (Phi) is 3.37. The van der Waals surface area contributed by atoms with Gasteiger partial charge in [-0.1, -0.05) is 0 Å². The molecule has 0 fully saturated rings. The predicted octanol–water partition coefficient (Wildman–Crippen LogP) is 1.46. The normalized spacial score (nSPS) is 13.6. The third-order valence-corrected chi connectivity index (χ3v) is 3.39. The summed E-state index contributed by atoms with van der Waals surface area (Å²) >= 11 is 0. The summed E-state index contributed by atoms with van der Waals surface area (Å²) in [7, 11) is 0. The molecular formula is C14H17N5. The number of rotatable bonds is 3. The fourth-order valence-electron chi connectivity index (χ4n) is 2.48. The molecule has 1 aliphatic rings. The number of nitrogens with two attached hydrogens (primary N) is 1. The lowest BCUT2D eigenvalue weighted by Crippen LogP contribution is -2.23. The number of pyridine rings is 1. The average Bonchev–Trinajstić information content (AvgIpc) is 2.62. The van der Waals surface area contributed by atoms with E-state index in [1.54, 1.807) is 6.33 Å². The number of fused-ring (bicyclic) bond motifs is 2. The fourth-order valence-corrected chi connectivity index (χ4v) is 2.48. The summed E-state index contributed by atoms with van der Waals surface area (Å²) in [6.45, 7) is 1.53. The Balaban J connectivity index is 2.08. The van der Waals surface area contributed by atoms with E-state index in [-0.39, 0.29) is 0 Å². The molecule has 0 aliphatic carbocycles. The first-order valence-electron chi connectivity index (χ1n) is 6.60. The summed E-state index contributed by atoms with van der Waals surface area (Å²) in [5, 5.41) is 0. The lowest BCUT2D eigenvalue weighted by molar-refractivity contribution is 0.805. The van der Waals surface area contributed by atoms with Gasteiger partial charge in [0, 0.05) is 24.5 Å². The molecule has 3 heterocycles. The third-order valence-electron chi connectivity index (χ3n) is 3.39. The lowest BCUT2D eigenvalue weighted by atomic mass is 10.1. The molecule has 0 radical (unpaired) electrons. The van der Waals surface area contributed by atoms with Gasteiger partial charge in [0.05, 0.1) is 11.4 Å². The molecule has 1 aliphatic heterocycles. The summed E-state index contributed by atoms with van der Waals surface area (Å²) < 4.78 is 0. The Morgan fingerprint density at radius 2 is 2.21 bits per heavy atom. The summed E-state index contributed by atoms with van der Waals surface area (Å²) in [4.78, 5) is 15.3. The van der Waals surface area contributed by atoms with Crippen LogP contribution in [0.15, 0.2) is 30.9 Å². The van der Waals surface area contributed by atoms with Crippen molar-refractivity contribution >= 4 is 11.5 Å². The van der Waals surface area contributed by atoms with Crippen LogP contribution in [0.1, 0.15) is 17.7 Å². The maximum atomic E-state index is 5.65. The first kappa shape index (κ1) is 12.0. The van der Waals surface area contributed by atoms with E-state index in [1.807, 2.05) is 18.5 Å². The van der Waals surface area contributed by atoms with Crippen LogP contribution in [-0.2, 0) is 12.8 Å². The maximum Gasteiger partial charge on any atom is 0.139 e. The van der Waals surface area contributed by atoms with Crippen LogP contribution < -0.4 is 10.6 Å². The Bertz CT molecular complexity index is 522. The minimum Gasteiger partial charge on any atom is -0.330 e. The minimum absolute atomic E-state index is 0.673. The smallest absolute Gasteiger partial charge is 0.139 e. The highest BCUT2D eigenvalue weighted by Gasteiger charge is 2.21. The van der Waals surface area contributed by atoms with Crippen molar-refractivity contribution in [3.63, 3.8) is 0 Å².